The quantitative estimate of drug-likeness (QED) is 0.416. The molecule has 1 heterocycles. The van der Waals surface area contributed by atoms with Crippen LogP contribution >= 0.6 is 23.1 Å². The van der Waals surface area contributed by atoms with Crippen LogP contribution in [0, 0.1) is 17.0 Å². The van der Waals surface area contributed by atoms with Crippen molar-refractivity contribution in [1.29, 1.82) is 0 Å². The van der Waals surface area contributed by atoms with Crippen molar-refractivity contribution in [1.82, 2.24) is 9.88 Å². The van der Waals surface area contributed by atoms with Gasteiger partial charge in [-0.3, -0.25) is 14.9 Å². The number of aromatic nitrogens is 1. The summed E-state index contributed by atoms with van der Waals surface area (Å²) >= 11 is 2.40. The molecule has 0 saturated carbocycles. The Hall–Kier alpha value is -2.14. The fourth-order valence-corrected chi connectivity index (χ4v) is 4.23. The molecular formula is C17H18F3N3O3S2. The van der Waals surface area contributed by atoms with E-state index in [0.29, 0.717) is 22.1 Å². The Labute approximate surface area is 167 Å². The molecule has 0 bridgehead atoms. The zero-order chi connectivity index (χ0) is 20.9. The van der Waals surface area contributed by atoms with Crippen LogP contribution in [-0.4, -0.2) is 40.0 Å². The predicted octanol–water partition coefficient (Wildman–Crippen LogP) is 5.32. The molecule has 0 unspecified atom stereocenters. The first-order valence-corrected chi connectivity index (χ1v) is 10.0. The smallest absolute Gasteiger partial charge is 0.330 e. The van der Waals surface area contributed by atoms with Crippen LogP contribution in [0.4, 0.5) is 18.9 Å². The van der Waals surface area contributed by atoms with Gasteiger partial charge in [0.2, 0.25) is 0 Å². The van der Waals surface area contributed by atoms with Gasteiger partial charge in [-0.15, -0.1) is 11.3 Å². The summed E-state index contributed by atoms with van der Waals surface area (Å²) < 4.78 is 39.0. The maximum atomic E-state index is 12.8. The fraction of sp³-hybridized carbons (Fsp3) is 0.412. The number of carbonyl (C=O) groups excluding carboxylic acids is 1. The van der Waals surface area contributed by atoms with Gasteiger partial charge in [-0.05, 0) is 25.5 Å². The van der Waals surface area contributed by atoms with E-state index in [2.05, 4.69) is 4.98 Å². The summed E-state index contributed by atoms with van der Waals surface area (Å²) in [6.07, 6.45) is -3.53. The molecule has 0 radical (unpaired) electrons. The first kappa shape index (κ1) is 22.2. The third-order valence-electron chi connectivity index (χ3n) is 3.64. The molecule has 6 nitrogen and oxygen atoms in total. The van der Waals surface area contributed by atoms with E-state index < -0.39 is 23.6 Å². The minimum atomic E-state index is -4.55. The molecule has 2 rings (SSSR count). The number of nitrogens with zero attached hydrogens (tertiary/aromatic N) is 3. The second kappa shape index (κ2) is 9.37. The molecule has 1 amide bonds. The highest BCUT2D eigenvalue weighted by atomic mass is 32.2. The molecule has 0 spiro atoms. The Bertz CT molecular complexity index is 856. The third kappa shape index (κ3) is 6.20. The average Bonchev–Trinajstić information content (AvgIpc) is 3.02. The van der Waals surface area contributed by atoms with Crippen molar-refractivity contribution < 1.29 is 22.9 Å². The van der Waals surface area contributed by atoms with Gasteiger partial charge in [0.25, 0.3) is 11.6 Å². The van der Waals surface area contributed by atoms with Crippen LogP contribution in [0.3, 0.4) is 0 Å². The van der Waals surface area contributed by atoms with Crippen molar-refractivity contribution >= 4 is 34.7 Å². The second-order valence-electron chi connectivity index (χ2n) is 5.99. The van der Waals surface area contributed by atoms with E-state index in [0.717, 1.165) is 23.5 Å². The Morgan fingerprint density at radius 1 is 1.39 bits per heavy atom. The number of aryl methyl sites for hydroxylation is 1. The van der Waals surface area contributed by atoms with E-state index in [1.807, 2.05) is 0 Å². The van der Waals surface area contributed by atoms with Crippen molar-refractivity contribution in [3.05, 3.63) is 45.0 Å². The van der Waals surface area contributed by atoms with Crippen LogP contribution < -0.4 is 0 Å². The molecule has 0 aliphatic heterocycles. The lowest BCUT2D eigenvalue weighted by Crippen LogP contribution is -2.39. The van der Waals surface area contributed by atoms with Crippen LogP contribution in [0.15, 0.2) is 32.8 Å². The molecule has 0 saturated heterocycles. The molecule has 0 aliphatic carbocycles. The molecule has 1 aromatic heterocycles. The Morgan fingerprint density at radius 2 is 2.11 bits per heavy atom. The minimum absolute atomic E-state index is 0.0719. The van der Waals surface area contributed by atoms with E-state index in [4.69, 9.17) is 0 Å². The van der Waals surface area contributed by atoms with Gasteiger partial charge < -0.3 is 4.90 Å². The van der Waals surface area contributed by atoms with E-state index >= 15 is 0 Å². The maximum Gasteiger partial charge on any atom is 0.406 e. The molecule has 11 heteroatoms. The molecule has 0 N–H and O–H groups in total. The molecule has 0 fully saturated rings. The summed E-state index contributed by atoms with van der Waals surface area (Å²) in [7, 11) is 0. The first-order chi connectivity index (χ1) is 13.1. The largest absolute Gasteiger partial charge is 0.406 e. The number of benzene rings is 1. The third-order valence-corrected chi connectivity index (χ3v) is 5.76. The number of amides is 1. The number of carbonyl (C=O) groups is 1. The van der Waals surface area contributed by atoms with Gasteiger partial charge in [-0.1, -0.05) is 25.1 Å². The Kier molecular flexibility index (Phi) is 7.41. The van der Waals surface area contributed by atoms with Gasteiger partial charge in [0, 0.05) is 29.2 Å². The lowest BCUT2D eigenvalue weighted by Gasteiger charge is -2.24. The lowest BCUT2D eigenvalue weighted by molar-refractivity contribution is -0.387. The average molecular weight is 433 g/mol. The van der Waals surface area contributed by atoms with Crippen LogP contribution in [0.5, 0.6) is 0 Å². The monoisotopic (exact) mass is 433 g/mol. The van der Waals surface area contributed by atoms with Gasteiger partial charge in [0.05, 0.1) is 9.82 Å². The number of hydrogen-bond acceptors (Lipinski definition) is 6. The zero-order valence-corrected chi connectivity index (χ0v) is 16.8. The normalized spacial score (nSPS) is 11.5. The van der Waals surface area contributed by atoms with Gasteiger partial charge in [-0.25, -0.2) is 4.98 Å². The van der Waals surface area contributed by atoms with Gasteiger partial charge in [0.1, 0.15) is 6.54 Å². The standard InChI is InChI=1S/C17H18F3N3O3S2/c1-3-4-7-22(10-17(18,19)20)15(24)12-5-6-14(13(8-12)23(25)26)28-16-21-11(2)9-27-16/h5-6,8-9H,3-4,7,10H2,1-2H3. The first-order valence-electron chi connectivity index (χ1n) is 8.35. The molecular weight excluding hydrogens is 415 g/mol. The van der Waals surface area contributed by atoms with Crippen molar-refractivity contribution in [2.75, 3.05) is 13.1 Å². The molecule has 1 aromatic carbocycles. The van der Waals surface area contributed by atoms with Gasteiger partial charge in [-0.2, -0.15) is 13.2 Å². The highest BCUT2D eigenvalue weighted by Crippen LogP contribution is 2.37. The summed E-state index contributed by atoms with van der Waals surface area (Å²) in [6.45, 7) is 2.13. The Morgan fingerprint density at radius 3 is 2.64 bits per heavy atom. The number of halogens is 3. The number of unbranched alkanes of at least 4 members (excludes halogenated alkanes) is 1. The predicted molar refractivity (Wildman–Crippen MR) is 101 cm³/mol. The molecule has 152 valence electrons. The number of hydrogen-bond donors (Lipinski definition) is 0. The lowest BCUT2D eigenvalue weighted by atomic mass is 10.1. The van der Waals surface area contributed by atoms with Crippen LogP contribution in [0.25, 0.3) is 0 Å². The zero-order valence-electron chi connectivity index (χ0n) is 15.2. The summed E-state index contributed by atoms with van der Waals surface area (Å²) in [5, 5.41) is 13.2. The highest BCUT2D eigenvalue weighted by molar-refractivity contribution is 8.01. The Balaban J connectivity index is 2.31. The van der Waals surface area contributed by atoms with Gasteiger partial charge in [0.15, 0.2) is 4.34 Å². The summed E-state index contributed by atoms with van der Waals surface area (Å²) in [5.74, 6) is -0.879. The number of thiazole rings is 1. The topological polar surface area (TPSA) is 76.3 Å². The van der Waals surface area contributed by atoms with Crippen LogP contribution in [0.1, 0.15) is 35.8 Å². The van der Waals surface area contributed by atoms with E-state index in [1.54, 1.807) is 19.2 Å². The molecule has 0 atom stereocenters. The summed E-state index contributed by atoms with van der Waals surface area (Å²) in [6, 6.07) is 3.71. The molecule has 2 aromatic rings. The van der Waals surface area contributed by atoms with E-state index in [-0.39, 0.29) is 22.7 Å². The van der Waals surface area contributed by atoms with Crippen molar-refractivity contribution in [2.45, 2.75) is 42.1 Å². The van der Waals surface area contributed by atoms with Crippen LogP contribution in [-0.2, 0) is 0 Å². The number of nitro groups is 1. The van der Waals surface area contributed by atoms with E-state index in [1.165, 1.54) is 23.5 Å². The summed E-state index contributed by atoms with van der Waals surface area (Å²) in [4.78, 5) is 28.5. The van der Waals surface area contributed by atoms with Gasteiger partial charge >= 0.3 is 6.18 Å². The van der Waals surface area contributed by atoms with Crippen molar-refractivity contribution in [3.63, 3.8) is 0 Å². The number of nitro benzene ring substituents is 1. The fourth-order valence-electron chi connectivity index (χ4n) is 2.35. The van der Waals surface area contributed by atoms with Crippen molar-refractivity contribution in [3.8, 4) is 0 Å². The second-order valence-corrected chi connectivity index (χ2v) is 8.14. The maximum absolute atomic E-state index is 12.8. The van der Waals surface area contributed by atoms with Crippen LogP contribution in [0.2, 0.25) is 0 Å². The summed E-state index contributed by atoms with van der Waals surface area (Å²) in [5.41, 5.74) is 0.290. The molecule has 28 heavy (non-hydrogen) atoms. The number of alkyl halides is 3. The number of rotatable bonds is 8. The SMILES string of the molecule is CCCCN(CC(F)(F)F)C(=O)c1ccc(Sc2nc(C)cs2)c([N+](=O)[O-])c1. The van der Waals surface area contributed by atoms with Crippen molar-refractivity contribution in [2.24, 2.45) is 0 Å². The molecule has 0 aliphatic rings. The highest BCUT2D eigenvalue weighted by Gasteiger charge is 2.33. The minimum Gasteiger partial charge on any atom is -0.330 e. The van der Waals surface area contributed by atoms with E-state index in [9.17, 15) is 28.1 Å².